The van der Waals surface area contributed by atoms with Gasteiger partial charge in [0.25, 0.3) is 0 Å². The highest BCUT2D eigenvalue weighted by Crippen LogP contribution is 2.27. The number of hydrogen-bond donors (Lipinski definition) is 2. The zero-order valence-corrected chi connectivity index (χ0v) is 18.8. The highest BCUT2D eigenvalue weighted by atomic mass is 16.5. The molecule has 0 aromatic heterocycles. The standard InChI is InChI=1S/C26H40O4/c1-3-4-5-6-7-8-17-24(29)18-11-9-15-23-16-10-12-19-25(23)26(30-22(2)28)20-13-14-21-27/h9-12,15-16,18-19,24,26-27,29H,3-8,13-14,17,20-21H2,1-2H3/b15-9+,18-11+/t24-,26-/m0/s1. The molecule has 2 N–H and O–H groups in total. The highest BCUT2D eigenvalue weighted by molar-refractivity contribution is 5.67. The van der Waals surface area contributed by atoms with Gasteiger partial charge in [-0.1, -0.05) is 94.0 Å². The second kappa shape index (κ2) is 16.8. The summed E-state index contributed by atoms with van der Waals surface area (Å²) in [6.07, 6.45) is 17.2. The van der Waals surface area contributed by atoms with Gasteiger partial charge in [-0.25, -0.2) is 0 Å². The van der Waals surface area contributed by atoms with Crippen molar-refractivity contribution in [1.29, 1.82) is 0 Å². The Morgan fingerprint density at radius 2 is 1.70 bits per heavy atom. The maximum absolute atomic E-state index is 11.5. The minimum Gasteiger partial charge on any atom is -0.458 e. The van der Waals surface area contributed by atoms with Gasteiger partial charge < -0.3 is 14.9 Å². The van der Waals surface area contributed by atoms with Gasteiger partial charge in [-0.15, -0.1) is 0 Å². The first-order valence-electron chi connectivity index (χ1n) is 11.5. The molecule has 0 heterocycles. The van der Waals surface area contributed by atoms with Crippen LogP contribution in [0.25, 0.3) is 6.08 Å². The van der Waals surface area contributed by atoms with E-state index in [0.29, 0.717) is 12.8 Å². The van der Waals surface area contributed by atoms with Gasteiger partial charge in [-0.05, 0) is 36.8 Å². The fraction of sp³-hybridized carbons (Fsp3) is 0.577. The van der Waals surface area contributed by atoms with Crippen molar-refractivity contribution in [2.45, 2.75) is 90.3 Å². The van der Waals surface area contributed by atoms with E-state index >= 15 is 0 Å². The number of unbranched alkanes of at least 4 members (excludes halogenated alkanes) is 6. The van der Waals surface area contributed by atoms with Gasteiger partial charge in [-0.3, -0.25) is 4.79 Å². The maximum atomic E-state index is 11.5. The minimum absolute atomic E-state index is 0.139. The lowest BCUT2D eigenvalue weighted by atomic mass is 9.98. The van der Waals surface area contributed by atoms with Gasteiger partial charge in [0.2, 0.25) is 0 Å². The number of benzene rings is 1. The summed E-state index contributed by atoms with van der Waals surface area (Å²) in [5.74, 6) is -0.305. The van der Waals surface area contributed by atoms with Crippen LogP contribution in [0.5, 0.6) is 0 Å². The van der Waals surface area contributed by atoms with Gasteiger partial charge in [0.05, 0.1) is 6.10 Å². The first kappa shape index (κ1) is 26.1. The molecule has 0 fully saturated rings. The Bertz CT molecular complexity index is 636. The van der Waals surface area contributed by atoms with Crippen molar-refractivity contribution in [3.05, 3.63) is 53.6 Å². The minimum atomic E-state index is -0.414. The molecule has 0 unspecified atom stereocenters. The van der Waals surface area contributed by atoms with E-state index in [0.717, 1.165) is 30.4 Å². The van der Waals surface area contributed by atoms with Crippen molar-refractivity contribution in [3.8, 4) is 0 Å². The Balaban J connectivity index is 2.61. The normalized spacial score (nSPS) is 13.7. The van der Waals surface area contributed by atoms with E-state index in [9.17, 15) is 9.90 Å². The van der Waals surface area contributed by atoms with Gasteiger partial charge in [0.1, 0.15) is 6.10 Å². The first-order valence-corrected chi connectivity index (χ1v) is 11.5. The lowest BCUT2D eigenvalue weighted by molar-refractivity contribution is -0.147. The summed E-state index contributed by atoms with van der Waals surface area (Å²) in [5, 5.41) is 19.1. The van der Waals surface area contributed by atoms with Crippen molar-refractivity contribution < 1.29 is 19.7 Å². The Morgan fingerprint density at radius 1 is 1.00 bits per heavy atom. The lowest BCUT2D eigenvalue weighted by Crippen LogP contribution is -2.10. The monoisotopic (exact) mass is 416 g/mol. The zero-order valence-electron chi connectivity index (χ0n) is 18.8. The molecule has 4 nitrogen and oxygen atoms in total. The van der Waals surface area contributed by atoms with Crippen molar-refractivity contribution in [1.82, 2.24) is 0 Å². The van der Waals surface area contributed by atoms with Crippen molar-refractivity contribution in [2.75, 3.05) is 6.61 Å². The van der Waals surface area contributed by atoms with E-state index in [1.807, 2.05) is 48.6 Å². The molecule has 168 valence electrons. The molecular weight excluding hydrogens is 376 g/mol. The molecule has 1 aromatic carbocycles. The summed E-state index contributed by atoms with van der Waals surface area (Å²) in [5.41, 5.74) is 1.95. The summed E-state index contributed by atoms with van der Waals surface area (Å²) in [7, 11) is 0. The summed E-state index contributed by atoms with van der Waals surface area (Å²) >= 11 is 0. The van der Waals surface area contributed by atoms with Crippen LogP contribution in [0.3, 0.4) is 0 Å². The molecule has 1 aromatic rings. The number of aliphatic hydroxyl groups is 2. The lowest BCUT2D eigenvalue weighted by Gasteiger charge is -2.19. The van der Waals surface area contributed by atoms with Crippen LogP contribution in [0.1, 0.15) is 95.3 Å². The third-order valence-electron chi connectivity index (χ3n) is 5.10. The number of carbonyl (C=O) groups excluding carboxylic acids is 1. The molecule has 0 aliphatic carbocycles. The quantitative estimate of drug-likeness (QED) is 0.193. The predicted octanol–water partition coefficient (Wildman–Crippen LogP) is 6.13. The Morgan fingerprint density at radius 3 is 2.43 bits per heavy atom. The predicted molar refractivity (Wildman–Crippen MR) is 124 cm³/mol. The second-order valence-electron chi connectivity index (χ2n) is 7.81. The molecule has 0 spiro atoms. The van der Waals surface area contributed by atoms with Gasteiger partial charge >= 0.3 is 5.97 Å². The molecule has 30 heavy (non-hydrogen) atoms. The third-order valence-corrected chi connectivity index (χ3v) is 5.10. The van der Waals surface area contributed by atoms with E-state index in [-0.39, 0.29) is 18.7 Å². The highest BCUT2D eigenvalue weighted by Gasteiger charge is 2.16. The number of ether oxygens (including phenoxy) is 1. The molecule has 0 bridgehead atoms. The summed E-state index contributed by atoms with van der Waals surface area (Å²) < 4.78 is 5.54. The van der Waals surface area contributed by atoms with E-state index < -0.39 is 6.10 Å². The van der Waals surface area contributed by atoms with Gasteiger partial charge in [0, 0.05) is 13.5 Å². The van der Waals surface area contributed by atoms with Crippen LogP contribution in [-0.4, -0.2) is 28.9 Å². The zero-order chi connectivity index (χ0) is 22.0. The van der Waals surface area contributed by atoms with Crippen LogP contribution in [0.4, 0.5) is 0 Å². The number of esters is 1. The molecule has 4 heteroatoms. The molecule has 0 amide bonds. The molecule has 0 saturated heterocycles. The van der Waals surface area contributed by atoms with E-state index in [2.05, 4.69) is 6.92 Å². The smallest absolute Gasteiger partial charge is 0.303 e. The van der Waals surface area contributed by atoms with Crippen LogP contribution in [0.2, 0.25) is 0 Å². The van der Waals surface area contributed by atoms with Crippen LogP contribution in [-0.2, 0) is 9.53 Å². The van der Waals surface area contributed by atoms with Crippen molar-refractivity contribution >= 4 is 12.0 Å². The van der Waals surface area contributed by atoms with Crippen molar-refractivity contribution in [2.24, 2.45) is 0 Å². The first-order chi connectivity index (χ1) is 14.6. The SMILES string of the molecule is CCCCCCCC[C@H](O)/C=C/C=C/c1ccccc1[C@H](CCCCO)OC(C)=O. The van der Waals surface area contributed by atoms with Gasteiger partial charge in [-0.2, -0.15) is 0 Å². The third kappa shape index (κ3) is 11.9. The fourth-order valence-electron chi connectivity index (χ4n) is 3.46. The number of hydrogen-bond acceptors (Lipinski definition) is 4. The summed E-state index contributed by atoms with van der Waals surface area (Å²) in [4.78, 5) is 11.5. The average Bonchev–Trinajstić information content (AvgIpc) is 2.73. The maximum Gasteiger partial charge on any atom is 0.303 e. The van der Waals surface area contributed by atoms with Crippen LogP contribution in [0.15, 0.2) is 42.5 Å². The molecule has 0 aliphatic heterocycles. The van der Waals surface area contributed by atoms with Crippen LogP contribution < -0.4 is 0 Å². The van der Waals surface area contributed by atoms with Gasteiger partial charge in [0.15, 0.2) is 0 Å². The average molecular weight is 417 g/mol. The molecular formula is C26H40O4. The molecule has 2 atom stereocenters. The number of rotatable bonds is 16. The number of carbonyl (C=O) groups is 1. The molecule has 0 aliphatic rings. The second-order valence-corrected chi connectivity index (χ2v) is 7.81. The van der Waals surface area contributed by atoms with Crippen molar-refractivity contribution in [3.63, 3.8) is 0 Å². The van der Waals surface area contributed by atoms with E-state index in [1.165, 1.54) is 39.0 Å². The van der Waals surface area contributed by atoms with Crippen LogP contribution in [0, 0.1) is 0 Å². The number of aliphatic hydroxyl groups excluding tert-OH is 2. The van der Waals surface area contributed by atoms with E-state index in [4.69, 9.17) is 9.84 Å². The van der Waals surface area contributed by atoms with E-state index in [1.54, 1.807) is 0 Å². The number of allylic oxidation sites excluding steroid dienone is 2. The fourth-order valence-corrected chi connectivity index (χ4v) is 3.46. The molecule has 0 radical (unpaired) electrons. The largest absolute Gasteiger partial charge is 0.458 e. The van der Waals surface area contributed by atoms with Crippen LogP contribution >= 0.6 is 0 Å². The summed E-state index contributed by atoms with van der Waals surface area (Å²) in [6.45, 7) is 3.78. The molecule has 0 saturated carbocycles. The molecule has 1 rings (SSSR count). The Labute approximate surface area is 182 Å². The Kier molecular flexibility index (Phi) is 14.7. The Hall–Kier alpha value is -1.91. The topological polar surface area (TPSA) is 66.8 Å². The summed E-state index contributed by atoms with van der Waals surface area (Å²) in [6, 6.07) is 7.87.